The van der Waals surface area contributed by atoms with Gasteiger partial charge < -0.3 is 15.8 Å². The first-order valence-electron chi connectivity index (χ1n) is 6.79. The molecule has 0 saturated heterocycles. The quantitative estimate of drug-likeness (QED) is 0.793. The zero-order valence-corrected chi connectivity index (χ0v) is 15.1. The van der Waals surface area contributed by atoms with Crippen molar-refractivity contribution in [2.75, 3.05) is 39.1 Å². The molecule has 3 N–H and O–H groups in total. The van der Waals surface area contributed by atoms with Crippen molar-refractivity contribution in [1.29, 1.82) is 0 Å². The molecular formula is C15H25Cl2N3O2. The van der Waals surface area contributed by atoms with E-state index in [0.717, 1.165) is 6.54 Å². The molecule has 0 aliphatic heterocycles. The van der Waals surface area contributed by atoms with Crippen molar-refractivity contribution in [3.05, 3.63) is 23.2 Å². The van der Waals surface area contributed by atoms with Crippen LogP contribution in [0.5, 0.6) is 5.75 Å². The maximum absolute atomic E-state index is 12.0. The Bertz CT molecular complexity index is 496. The zero-order chi connectivity index (χ0) is 16.0. The van der Waals surface area contributed by atoms with Crippen LogP contribution in [0.25, 0.3) is 0 Å². The Kier molecular flexibility index (Phi) is 8.78. The van der Waals surface area contributed by atoms with Crippen LogP contribution in [0.3, 0.4) is 0 Å². The average Bonchev–Trinajstić information content (AvgIpc) is 2.38. The lowest BCUT2D eigenvalue weighted by Gasteiger charge is -2.28. The molecule has 0 aromatic heterocycles. The zero-order valence-electron chi connectivity index (χ0n) is 13.5. The van der Waals surface area contributed by atoms with Gasteiger partial charge >= 0.3 is 0 Å². The summed E-state index contributed by atoms with van der Waals surface area (Å²) in [6.45, 7) is 5.77. The Morgan fingerprint density at radius 2 is 2.09 bits per heavy atom. The highest BCUT2D eigenvalue weighted by Crippen LogP contribution is 2.27. The van der Waals surface area contributed by atoms with Gasteiger partial charge in [0, 0.05) is 12.2 Å². The van der Waals surface area contributed by atoms with E-state index in [0.29, 0.717) is 29.5 Å². The topological polar surface area (TPSA) is 67.6 Å². The van der Waals surface area contributed by atoms with Crippen molar-refractivity contribution < 1.29 is 9.53 Å². The van der Waals surface area contributed by atoms with E-state index in [9.17, 15) is 4.79 Å². The van der Waals surface area contributed by atoms with E-state index in [1.165, 1.54) is 0 Å². The molecule has 1 aromatic carbocycles. The highest BCUT2D eigenvalue weighted by Gasteiger charge is 2.19. The minimum atomic E-state index is -0.0912. The lowest BCUT2D eigenvalue weighted by Crippen LogP contribution is -2.40. The third-order valence-corrected chi connectivity index (χ3v) is 3.39. The van der Waals surface area contributed by atoms with Gasteiger partial charge in [0.25, 0.3) is 0 Å². The van der Waals surface area contributed by atoms with Gasteiger partial charge in [0.15, 0.2) is 0 Å². The van der Waals surface area contributed by atoms with Gasteiger partial charge in [-0.25, -0.2) is 0 Å². The number of likely N-dealkylation sites (N-methyl/N-ethyl adjacent to an activating group) is 1. The molecular weight excluding hydrogens is 325 g/mol. The summed E-state index contributed by atoms with van der Waals surface area (Å²) in [5.74, 6) is 0.489. The number of anilines is 1. The standard InChI is InChI=1S/C15H24ClN3O2.ClH/c1-15(2,9-17)10-19(3)8-14(20)18-11-5-6-13(21-4)12(16)7-11;/h5-7H,8-10,17H2,1-4H3,(H,18,20);1H. The molecule has 0 radical (unpaired) electrons. The molecule has 1 aromatic rings. The number of ether oxygens (including phenoxy) is 1. The smallest absolute Gasteiger partial charge is 0.238 e. The van der Waals surface area contributed by atoms with Crippen LogP contribution in [0.4, 0.5) is 5.69 Å². The number of halogens is 2. The van der Waals surface area contributed by atoms with Crippen molar-refractivity contribution >= 4 is 35.6 Å². The number of benzene rings is 1. The highest BCUT2D eigenvalue weighted by atomic mass is 35.5. The monoisotopic (exact) mass is 349 g/mol. The molecule has 0 bridgehead atoms. The third-order valence-electron chi connectivity index (χ3n) is 3.10. The highest BCUT2D eigenvalue weighted by molar-refractivity contribution is 6.32. The van der Waals surface area contributed by atoms with Crippen LogP contribution in [-0.4, -0.2) is 44.6 Å². The van der Waals surface area contributed by atoms with Gasteiger partial charge in [0.2, 0.25) is 5.91 Å². The summed E-state index contributed by atoms with van der Waals surface area (Å²) >= 11 is 6.02. The fourth-order valence-electron chi connectivity index (χ4n) is 2.04. The van der Waals surface area contributed by atoms with Gasteiger partial charge in [-0.15, -0.1) is 12.4 Å². The summed E-state index contributed by atoms with van der Waals surface area (Å²) in [4.78, 5) is 14.0. The fourth-order valence-corrected chi connectivity index (χ4v) is 2.30. The summed E-state index contributed by atoms with van der Waals surface area (Å²) in [5, 5.41) is 3.28. The number of rotatable bonds is 7. The van der Waals surface area contributed by atoms with E-state index in [-0.39, 0.29) is 23.7 Å². The van der Waals surface area contributed by atoms with Gasteiger partial charge in [-0.1, -0.05) is 25.4 Å². The first-order chi connectivity index (χ1) is 9.77. The summed E-state index contributed by atoms with van der Waals surface area (Å²) in [6, 6.07) is 5.15. The minimum Gasteiger partial charge on any atom is -0.495 e. The number of nitrogens with one attached hydrogen (secondary N) is 1. The van der Waals surface area contributed by atoms with E-state index in [2.05, 4.69) is 19.2 Å². The first-order valence-corrected chi connectivity index (χ1v) is 7.17. The number of carbonyl (C=O) groups is 1. The normalized spacial score (nSPS) is 11.0. The molecule has 1 amide bonds. The number of methoxy groups -OCH3 is 1. The van der Waals surface area contributed by atoms with Gasteiger partial charge in [0.05, 0.1) is 18.7 Å². The molecule has 7 heteroatoms. The van der Waals surface area contributed by atoms with Crippen LogP contribution in [-0.2, 0) is 4.79 Å². The number of hydrogen-bond donors (Lipinski definition) is 2. The number of carbonyl (C=O) groups excluding carboxylic acids is 1. The lowest BCUT2D eigenvalue weighted by atomic mass is 9.93. The van der Waals surface area contributed by atoms with Crippen molar-refractivity contribution in [3.63, 3.8) is 0 Å². The Balaban J connectivity index is 0.00000441. The van der Waals surface area contributed by atoms with Crippen LogP contribution in [0.2, 0.25) is 5.02 Å². The predicted octanol–water partition coefficient (Wildman–Crippen LogP) is 2.63. The summed E-state index contributed by atoms with van der Waals surface area (Å²) in [6.07, 6.45) is 0. The summed E-state index contributed by atoms with van der Waals surface area (Å²) in [7, 11) is 3.45. The molecule has 0 aliphatic carbocycles. The van der Waals surface area contributed by atoms with E-state index in [4.69, 9.17) is 22.1 Å². The molecule has 0 aliphatic rings. The molecule has 0 atom stereocenters. The van der Waals surface area contributed by atoms with E-state index < -0.39 is 0 Å². The SMILES string of the molecule is COc1ccc(NC(=O)CN(C)CC(C)(C)CN)cc1Cl.Cl. The van der Waals surface area contributed by atoms with Crippen LogP contribution >= 0.6 is 24.0 Å². The molecule has 0 saturated carbocycles. The van der Waals surface area contributed by atoms with Crippen LogP contribution < -0.4 is 15.8 Å². The fraction of sp³-hybridized carbons (Fsp3) is 0.533. The predicted molar refractivity (Wildman–Crippen MR) is 94.2 cm³/mol. The third kappa shape index (κ3) is 6.83. The number of hydrogen-bond acceptors (Lipinski definition) is 4. The Hall–Kier alpha value is -1.01. The molecule has 0 unspecified atom stereocenters. The van der Waals surface area contributed by atoms with Crippen LogP contribution in [0.15, 0.2) is 18.2 Å². The van der Waals surface area contributed by atoms with Gasteiger partial charge in [-0.05, 0) is 37.2 Å². The number of amides is 1. The second-order valence-electron chi connectivity index (χ2n) is 5.94. The maximum Gasteiger partial charge on any atom is 0.238 e. The Morgan fingerprint density at radius 3 is 2.59 bits per heavy atom. The Morgan fingerprint density at radius 1 is 1.45 bits per heavy atom. The van der Waals surface area contributed by atoms with Crippen molar-refractivity contribution in [2.24, 2.45) is 11.1 Å². The minimum absolute atomic E-state index is 0. The molecule has 0 fully saturated rings. The average molecular weight is 350 g/mol. The summed E-state index contributed by atoms with van der Waals surface area (Å²) < 4.78 is 5.07. The second-order valence-corrected chi connectivity index (χ2v) is 6.35. The molecule has 22 heavy (non-hydrogen) atoms. The lowest BCUT2D eigenvalue weighted by molar-refractivity contribution is -0.117. The Labute approximate surface area is 143 Å². The van der Waals surface area contributed by atoms with Crippen LogP contribution in [0.1, 0.15) is 13.8 Å². The molecule has 126 valence electrons. The molecule has 5 nitrogen and oxygen atoms in total. The van der Waals surface area contributed by atoms with Gasteiger partial charge in [-0.2, -0.15) is 0 Å². The van der Waals surface area contributed by atoms with Crippen molar-refractivity contribution in [2.45, 2.75) is 13.8 Å². The largest absolute Gasteiger partial charge is 0.495 e. The first kappa shape index (κ1) is 21.0. The van der Waals surface area contributed by atoms with Crippen LogP contribution in [0, 0.1) is 5.41 Å². The molecule has 0 heterocycles. The van der Waals surface area contributed by atoms with Gasteiger partial charge in [0.1, 0.15) is 5.75 Å². The van der Waals surface area contributed by atoms with E-state index in [1.54, 1.807) is 25.3 Å². The van der Waals surface area contributed by atoms with Gasteiger partial charge in [-0.3, -0.25) is 9.69 Å². The van der Waals surface area contributed by atoms with E-state index in [1.807, 2.05) is 11.9 Å². The van der Waals surface area contributed by atoms with E-state index >= 15 is 0 Å². The number of nitrogens with two attached hydrogens (primary N) is 1. The molecule has 1 rings (SSSR count). The molecule has 0 spiro atoms. The summed E-state index contributed by atoms with van der Waals surface area (Å²) in [5.41, 5.74) is 6.33. The maximum atomic E-state index is 12.0. The van der Waals surface area contributed by atoms with Crippen molar-refractivity contribution in [3.8, 4) is 5.75 Å². The van der Waals surface area contributed by atoms with Crippen molar-refractivity contribution in [1.82, 2.24) is 4.90 Å². The second kappa shape index (κ2) is 9.20. The number of nitrogens with zero attached hydrogens (tertiary/aromatic N) is 1.